The highest BCUT2D eigenvalue weighted by atomic mass is 35.5. The van der Waals surface area contributed by atoms with E-state index in [1.54, 1.807) is 19.2 Å². The predicted molar refractivity (Wildman–Crippen MR) is 108 cm³/mol. The smallest absolute Gasteiger partial charge is 0.373 e. The zero-order valence-corrected chi connectivity index (χ0v) is 16.5. The van der Waals surface area contributed by atoms with Gasteiger partial charge in [-0.15, -0.1) is 0 Å². The average Bonchev–Trinajstić information content (AvgIpc) is 2.72. The first-order valence-corrected chi connectivity index (χ1v) is 9.72. The maximum Gasteiger partial charge on any atom is 0.418 e. The Balaban J connectivity index is 1.89. The molecule has 3 aromatic rings. The van der Waals surface area contributed by atoms with Crippen LogP contribution in [0.1, 0.15) is 24.8 Å². The minimum atomic E-state index is -4.56. The van der Waals surface area contributed by atoms with Crippen molar-refractivity contribution < 1.29 is 13.2 Å². The zero-order chi connectivity index (χ0) is 20.6. The summed E-state index contributed by atoms with van der Waals surface area (Å²) in [6.07, 6.45) is 0.210. The van der Waals surface area contributed by atoms with Gasteiger partial charge in [-0.2, -0.15) is 13.2 Å². The van der Waals surface area contributed by atoms with E-state index in [4.69, 9.17) is 11.6 Å². The van der Waals surface area contributed by atoms with Crippen LogP contribution in [0, 0.1) is 0 Å². The Morgan fingerprint density at radius 3 is 2.52 bits per heavy atom. The first kappa shape index (κ1) is 19.7. The molecule has 3 heterocycles. The summed E-state index contributed by atoms with van der Waals surface area (Å²) in [4.78, 5) is 15.0. The fourth-order valence-corrected chi connectivity index (χ4v) is 3.89. The van der Waals surface area contributed by atoms with E-state index in [-0.39, 0.29) is 16.3 Å². The average molecular weight is 422 g/mol. The number of anilines is 2. The number of fused-ring (bicyclic) bond motifs is 1. The van der Waals surface area contributed by atoms with Gasteiger partial charge in [-0.05, 0) is 43.5 Å². The monoisotopic (exact) mass is 421 g/mol. The number of aromatic nitrogens is 3. The van der Waals surface area contributed by atoms with Crippen LogP contribution in [0.25, 0.3) is 22.2 Å². The highest BCUT2D eigenvalue weighted by molar-refractivity contribution is 6.34. The molecular weight excluding hydrogens is 403 g/mol. The first-order valence-electron chi connectivity index (χ1n) is 9.34. The molecule has 1 aromatic carbocycles. The summed E-state index contributed by atoms with van der Waals surface area (Å²) in [5.41, 5.74) is -0.353. The van der Waals surface area contributed by atoms with Gasteiger partial charge in [0.05, 0.1) is 21.8 Å². The van der Waals surface area contributed by atoms with E-state index < -0.39 is 11.7 Å². The summed E-state index contributed by atoms with van der Waals surface area (Å²) in [5.74, 6) is 1.08. The second-order valence-corrected chi connectivity index (χ2v) is 7.34. The lowest BCUT2D eigenvalue weighted by Gasteiger charge is -2.28. The van der Waals surface area contributed by atoms with E-state index in [1.807, 2.05) is 0 Å². The van der Waals surface area contributed by atoms with Gasteiger partial charge in [0.15, 0.2) is 0 Å². The third-order valence-electron chi connectivity index (χ3n) is 5.07. The molecule has 152 valence electrons. The molecule has 0 spiro atoms. The Bertz CT molecular complexity index is 1050. The summed E-state index contributed by atoms with van der Waals surface area (Å²) in [6.45, 7) is 1.77. The van der Waals surface area contributed by atoms with Crippen LogP contribution in [0.2, 0.25) is 5.02 Å². The van der Waals surface area contributed by atoms with Crippen LogP contribution in [0.4, 0.5) is 24.8 Å². The number of halogens is 4. The first-order chi connectivity index (χ1) is 13.9. The van der Waals surface area contributed by atoms with E-state index in [1.165, 1.54) is 18.8 Å². The molecule has 1 fully saturated rings. The molecule has 1 aliphatic heterocycles. The molecule has 0 amide bonds. The number of hydrogen-bond donors (Lipinski definition) is 1. The molecule has 0 saturated carbocycles. The topological polar surface area (TPSA) is 53.9 Å². The van der Waals surface area contributed by atoms with Crippen molar-refractivity contribution >= 4 is 34.1 Å². The standard InChI is InChI=1S/C20H19ClF3N5/c1-25-17-6-5-14(20(22,23)24)18(28-17)12-10-16-13(9-15(12)21)19(27-11-26-16)29-7-3-2-4-8-29/h5-6,9-11H,2-4,7-8H2,1H3,(H,25,28). The van der Waals surface area contributed by atoms with Crippen molar-refractivity contribution in [3.63, 3.8) is 0 Å². The molecule has 5 nitrogen and oxygen atoms in total. The third-order valence-corrected chi connectivity index (χ3v) is 5.38. The second-order valence-electron chi connectivity index (χ2n) is 6.93. The predicted octanol–water partition coefficient (Wildman–Crippen LogP) is 5.40. The molecule has 0 bridgehead atoms. The van der Waals surface area contributed by atoms with Gasteiger partial charge in [0.25, 0.3) is 0 Å². The molecule has 1 saturated heterocycles. The van der Waals surface area contributed by atoms with Crippen LogP contribution in [0.3, 0.4) is 0 Å². The van der Waals surface area contributed by atoms with Crippen LogP contribution in [0.5, 0.6) is 0 Å². The van der Waals surface area contributed by atoms with E-state index in [9.17, 15) is 13.2 Å². The van der Waals surface area contributed by atoms with Crippen LogP contribution < -0.4 is 10.2 Å². The Kier molecular flexibility index (Phi) is 5.21. The van der Waals surface area contributed by atoms with Gasteiger partial charge in [-0.1, -0.05) is 11.6 Å². The van der Waals surface area contributed by atoms with Gasteiger partial charge in [-0.25, -0.2) is 15.0 Å². The lowest BCUT2D eigenvalue weighted by Crippen LogP contribution is -2.30. The summed E-state index contributed by atoms with van der Waals surface area (Å²) < 4.78 is 40.8. The summed E-state index contributed by atoms with van der Waals surface area (Å²) in [7, 11) is 1.60. The van der Waals surface area contributed by atoms with Crippen molar-refractivity contribution in [3.8, 4) is 11.3 Å². The molecule has 2 aromatic heterocycles. The maximum absolute atomic E-state index is 13.6. The van der Waals surface area contributed by atoms with Gasteiger partial charge in [0.1, 0.15) is 18.0 Å². The number of hydrogen-bond acceptors (Lipinski definition) is 5. The zero-order valence-electron chi connectivity index (χ0n) is 15.7. The van der Waals surface area contributed by atoms with Gasteiger partial charge in [0.2, 0.25) is 0 Å². The van der Waals surface area contributed by atoms with Crippen molar-refractivity contribution in [2.75, 3.05) is 30.4 Å². The molecule has 0 aliphatic carbocycles. The Morgan fingerprint density at radius 2 is 1.83 bits per heavy atom. The molecule has 0 atom stereocenters. The van der Waals surface area contributed by atoms with Crippen molar-refractivity contribution in [1.82, 2.24) is 15.0 Å². The van der Waals surface area contributed by atoms with Gasteiger partial charge >= 0.3 is 6.18 Å². The number of rotatable bonds is 3. The fraction of sp³-hybridized carbons (Fsp3) is 0.350. The minimum Gasteiger partial charge on any atom is -0.373 e. The number of alkyl halides is 3. The fourth-order valence-electron chi connectivity index (χ4n) is 3.63. The highest BCUT2D eigenvalue weighted by Gasteiger charge is 2.35. The molecule has 1 aliphatic rings. The largest absolute Gasteiger partial charge is 0.418 e. The van der Waals surface area contributed by atoms with E-state index >= 15 is 0 Å². The van der Waals surface area contributed by atoms with Crippen molar-refractivity contribution in [2.24, 2.45) is 0 Å². The van der Waals surface area contributed by atoms with Crippen molar-refractivity contribution in [2.45, 2.75) is 25.4 Å². The molecule has 1 N–H and O–H groups in total. The summed E-state index contributed by atoms with van der Waals surface area (Å²) in [6, 6.07) is 5.50. The Hall–Kier alpha value is -2.61. The Labute approximate surface area is 170 Å². The molecular formula is C20H19ClF3N5. The quantitative estimate of drug-likeness (QED) is 0.614. The van der Waals surface area contributed by atoms with E-state index in [0.29, 0.717) is 11.3 Å². The van der Waals surface area contributed by atoms with Gasteiger partial charge in [0, 0.05) is 31.1 Å². The molecule has 29 heavy (non-hydrogen) atoms. The second kappa shape index (κ2) is 7.67. The van der Waals surface area contributed by atoms with Crippen LogP contribution in [0.15, 0.2) is 30.6 Å². The van der Waals surface area contributed by atoms with E-state index in [2.05, 4.69) is 25.2 Å². The minimum absolute atomic E-state index is 0.178. The van der Waals surface area contributed by atoms with Crippen LogP contribution in [-0.4, -0.2) is 35.1 Å². The van der Waals surface area contributed by atoms with E-state index in [0.717, 1.165) is 43.2 Å². The third kappa shape index (κ3) is 3.81. The number of nitrogens with zero attached hydrogens (tertiary/aromatic N) is 4. The van der Waals surface area contributed by atoms with Gasteiger partial charge < -0.3 is 10.2 Å². The Morgan fingerprint density at radius 1 is 1.07 bits per heavy atom. The normalized spacial score (nSPS) is 15.0. The lowest BCUT2D eigenvalue weighted by atomic mass is 10.0. The molecule has 0 unspecified atom stereocenters. The summed E-state index contributed by atoms with van der Waals surface area (Å²) in [5, 5.41) is 3.67. The number of nitrogens with one attached hydrogen (secondary N) is 1. The van der Waals surface area contributed by atoms with Crippen molar-refractivity contribution in [3.05, 3.63) is 41.2 Å². The highest BCUT2D eigenvalue weighted by Crippen LogP contribution is 2.41. The van der Waals surface area contributed by atoms with Crippen LogP contribution >= 0.6 is 11.6 Å². The lowest BCUT2D eigenvalue weighted by molar-refractivity contribution is -0.137. The molecule has 4 rings (SSSR count). The molecule has 0 radical (unpaired) electrons. The number of piperidine rings is 1. The number of pyridine rings is 1. The van der Waals surface area contributed by atoms with Crippen LogP contribution in [-0.2, 0) is 6.18 Å². The maximum atomic E-state index is 13.6. The SMILES string of the molecule is CNc1ccc(C(F)(F)F)c(-c2cc3ncnc(N4CCCCC4)c3cc2Cl)n1. The van der Waals surface area contributed by atoms with Gasteiger partial charge in [-0.3, -0.25) is 0 Å². The molecule has 9 heteroatoms. The van der Waals surface area contributed by atoms with Crippen molar-refractivity contribution in [1.29, 1.82) is 0 Å². The number of benzene rings is 1. The summed E-state index contributed by atoms with van der Waals surface area (Å²) >= 11 is 6.46.